The molecule has 0 N–H and O–H groups in total. The maximum atomic E-state index is 13.7. The van der Waals surface area contributed by atoms with Gasteiger partial charge in [0, 0.05) is 5.56 Å². The van der Waals surface area contributed by atoms with Gasteiger partial charge >= 0.3 is 5.97 Å². The van der Waals surface area contributed by atoms with Crippen molar-refractivity contribution in [2.75, 3.05) is 7.11 Å². The van der Waals surface area contributed by atoms with Gasteiger partial charge in [-0.25, -0.2) is 9.18 Å². The highest BCUT2D eigenvalue weighted by Gasteiger charge is 2.30. The van der Waals surface area contributed by atoms with Gasteiger partial charge in [-0.15, -0.1) is 0 Å². The zero-order chi connectivity index (χ0) is 14.6. The first kappa shape index (κ1) is 15.7. The number of methoxy groups -OCH3 is 1. The molecule has 6 heteroatoms. The molecule has 1 aromatic carbocycles. The van der Waals surface area contributed by atoms with Crippen LogP contribution in [0.1, 0.15) is 26.3 Å². The number of ether oxygens (including phenoxy) is 1. The molecule has 0 spiro atoms. The van der Waals surface area contributed by atoms with Gasteiger partial charge in [-0.05, 0) is 32.9 Å². The van der Waals surface area contributed by atoms with Crippen LogP contribution in [0.25, 0.3) is 0 Å². The predicted octanol–water partition coefficient (Wildman–Crippen LogP) is 2.25. The second-order valence-corrected chi connectivity index (χ2v) is 6.68. The minimum atomic E-state index is -1.68. The zero-order valence-corrected chi connectivity index (χ0v) is 12.1. The smallest absolute Gasteiger partial charge is 0.362 e. The molecule has 19 heavy (non-hydrogen) atoms. The Bertz CT molecular complexity index is 497. The first-order valence-electron chi connectivity index (χ1n) is 5.61. The highest BCUT2D eigenvalue weighted by atomic mass is 32.2. The van der Waals surface area contributed by atoms with Crippen molar-refractivity contribution >= 4 is 23.0 Å². The fourth-order valence-corrected chi connectivity index (χ4v) is 1.78. The lowest BCUT2D eigenvalue weighted by atomic mass is 10.1. The fraction of sp³-hybridized carbons (Fsp3) is 0.385. The summed E-state index contributed by atoms with van der Waals surface area (Å²) in [4.78, 5) is 11.7. The molecule has 1 unspecified atom stereocenters. The van der Waals surface area contributed by atoms with Gasteiger partial charge in [0.25, 0.3) is 0 Å². The number of benzene rings is 1. The Kier molecular flexibility index (Phi) is 5.08. The molecule has 0 aliphatic carbocycles. The summed E-state index contributed by atoms with van der Waals surface area (Å²) in [6.07, 6.45) is 0. The molecule has 0 saturated heterocycles. The molecule has 0 aliphatic heterocycles. The minimum absolute atomic E-state index is 0.0213. The molecule has 104 valence electrons. The molecule has 0 amide bonds. The third-order valence-electron chi connectivity index (χ3n) is 2.21. The molecule has 0 aromatic heterocycles. The van der Waals surface area contributed by atoms with Gasteiger partial charge in [0.05, 0.1) is 7.11 Å². The van der Waals surface area contributed by atoms with E-state index in [0.717, 1.165) is 0 Å². The molecule has 0 aliphatic rings. The van der Waals surface area contributed by atoms with Crippen LogP contribution < -0.4 is 0 Å². The summed E-state index contributed by atoms with van der Waals surface area (Å²) in [5, 5.41) is 0. The van der Waals surface area contributed by atoms with E-state index in [1.54, 1.807) is 26.8 Å². The normalized spacial score (nSPS) is 14.1. The van der Waals surface area contributed by atoms with Crippen molar-refractivity contribution < 1.29 is 18.5 Å². The Labute approximate surface area is 115 Å². The maximum Gasteiger partial charge on any atom is 0.362 e. The van der Waals surface area contributed by atoms with E-state index < -0.39 is 27.9 Å². The SMILES string of the molecule is COC(=O)C(=N[S+]([O-])C(C)(C)C)c1ccccc1F. The highest BCUT2D eigenvalue weighted by molar-refractivity contribution is 7.91. The van der Waals surface area contributed by atoms with E-state index >= 15 is 0 Å². The van der Waals surface area contributed by atoms with Crippen molar-refractivity contribution in [1.82, 2.24) is 0 Å². The molecule has 0 heterocycles. The minimum Gasteiger partial charge on any atom is -0.591 e. The van der Waals surface area contributed by atoms with Crippen molar-refractivity contribution in [3.8, 4) is 0 Å². The van der Waals surface area contributed by atoms with Gasteiger partial charge in [-0.1, -0.05) is 16.5 Å². The van der Waals surface area contributed by atoms with Crippen LogP contribution in [0.2, 0.25) is 0 Å². The van der Waals surface area contributed by atoms with Crippen LogP contribution in [0.15, 0.2) is 28.7 Å². The Morgan fingerprint density at radius 2 is 1.95 bits per heavy atom. The van der Waals surface area contributed by atoms with E-state index in [9.17, 15) is 13.7 Å². The Morgan fingerprint density at radius 3 is 2.42 bits per heavy atom. The zero-order valence-electron chi connectivity index (χ0n) is 11.3. The van der Waals surface area contributed by atoms with Crippen LogP contribution >= 0.6 is 0 Å². The molecule has 1 rings (SSSR count). The van der Waals surface area contributed by atoms with Gasteiger partial charge in [0.2, 0.25) is 5.71 Å². The van der Waals surface area contributed by atoms with Gasteiger partial charge < -0.3 is 9.29 Å². The largest absolute Gasteiger partial charge is 0.591 e. The topological polar surface area (TPSA) is 61.7 Å². The van der Waals surface area contributed by atoms with Gasteiger partial charge in [0.1, 0.15) is 21.9 Å². The summed E-state index contributed by atoms with van der Waals surface area (Å²) in [6, 6.07) is 5.66. The first-order chi connectivity index (χ1) is 8.77. The van der Waals surface area contributed by atoms with Crippen LogP contribution in [0.5, 0.6) is 0 Å². The lowest BCUT2D eigenvalue weighted by Gasteiger charge is -2.19. The third-order valence-corrected chi connectivity index (χ3v) is 3.60. The monoisotopic (exact) mass is 285 g/mol. The van der Waals surface area contributed by atoms with Crippen LogP contribution in [0.4, 0.5) is 4.39 Å². The van der Waals surface area contributed by atoms with Crippen molar-refractivity contribution in [2.45, 2.75) is 25.5 Å². The van der Waals surface area contributed by atoms with Gasteiger partial charge in [-0.3, -0.25) is 0 Å². The third kappa shape index (κ3) is 4.04. The summed E-state index contributed by atoms with van der Waals surface area (Å²) in [7, 11) is 1.17. The van der Waals surface area contributed by atoms with Crippen LogP contribution in [-0.4, -0.2) is 28.1 Å². The molecule has 0 bridgehead atoms. The highest BCUT2D eigenvalue weighted by Crippen LogP contribution is 2.19. The molecule has 0 saturated carbocycles. The maximum absolute atomic E-state index is 13.7. The van der Waals surface area contributed by atoms with Crippen LogP contribution in [0.3, 0.4) is 0 Å². The first-order valence-corrected chi connectivity index (χ1v) is 6.72. The number of carbonyl (C=O) groups is 1. The summed E-state index contributed by atoms with van der Waals surface area (Å²) >= 11 is -1.68. The molecular weight excluding hydrogens is 269 g/mol. The Balaban J connectivity index is 3.28. The number of halogens is 1. The van der Waals surface area contributed by atoms with E-state index in [4.69, 9.17) is 0 Å². The average Bonchev–Trinajstić information content (AvgIpc) is 2.34. The van der Waals surface area contributed by atoms with E-state index in [1.165, 1.54) is 25.3 Å². The molecule has 0 fully saturated rings. The van der Waals surface area contributed by atoms with Gasteiger partial charge in [-0.2, -0.15) is 0 Å². The molecule has 1 aromatic rings. The lowest BCUT2D eigenvalue weighted by molar-refractivity contribution is -0.132. The number of esters is 1. The molecule has 0 radical (unpaired) electrons. The molecular formula is C13H16FNO3S. The second kappa shape index (κ2) is 6.16. The number of rotatable bonds is 3. The average molecular weight is 285 g/mol. The standard InChI is InChI=1S/C13H16FNO3S/c1-13(2,3)19(17)15-11(12(16)18-4)9-7-5-6-8-10(9)14/h5-8H,1-4H3. The lowest BCUT2D eigenvalue weighted by Crippen LogP contribution is -2.29. The number of hydrogen-bond acceptors (Lipinski definition) is 4. The predicted molar refractivity (Wildman–Crippen MR) is 72.8 cm³/mol. The van der Waals surface area contributed by atoms with E-state index in [1.807, 2.05) is 0 Å². The quantitative estimate of drug-likeness (QED) is 0.486. The van der Waals surface area contributed by atoms with Crippen molar-refractivity contribution in [2.24, 2.45) is 4.40 Å². The summed E-state index contributed by atoms with van der Waals surface area (Å²) < 4.78 is 33.4. The van der Waals surface area contributed by atoms with Crippen molar-refractivity contribution in [3.63, 3.8) is 0 Å². The molecule has 4 nitrogen and oxygen atoms in total. The van der Waals surface area contributed by atoms with E-state index in [0.29, 0.717) is 0 Å². The second-order valence-electron chi connectivity index (χ2n) is 4.77. The summed E-state index contributed by atoms with van der Waals surface area (Å²) in [5.74, 6) is -1.43. The number of nitrogens with zero attached hydrogens (tertiary/aromatic N) is 1. The Morgan fingerprint density at radius 1 is 1.37 bits per heavy atom. The van der Waals surface area contributed by atoms with E-state index in [-0.39, 0.29) is 11.3 Å². The molecule has 1 atom stereocenters. The van der Waals surface area contributed by atoms with Gasteiger partial charge in [0.15, 0.2) is 0 Å². The summed E-state index contributed by atoms with van der Waals surface area (Å²) in [5.41, 5.74) is -0.291. The summed E-state index contributed by atoms with van der Waals surface area (Å²) in [6.45, 7) is 5.13. The Hall–Kier alpha value is -1.40. The van der Waals surface area contributed by atoms with Crippen molar-refractivity contribution in [3.05, 3.63) is 35.6 Å². The van der Waals surface area contributed by atoms with Crippen LogP contribution in [-0.2, 0) is 20.9 Å². The van der Waals surface area contributed by atoms with Crippen molar-refractivity contribution in [1.29, 1.82) is 0 Å². The number of carbonyl (C=O) groups excluding carboxylic acids is 1. The number of hydrogen-bond donors (Lipinski definition) is 0. The fourth-order valence-electron chi connectivity index (χ4n) is 1.17. The van der Waals surface area contributed by atoms with Crippen LogP contribution in [0, 0.1) is 5.82 Å². The van der Waals surface area contributed by atoms with E-state index in [2.05, 4.69) is 9.13 Å².